The molecule has 2 atom stereocenters. The van der Waals surface area contributed by atoms with Gasteiger partial charge in [-0.05, 0) is 33.4 Å². The zero-order chi connectivity index (χ0) is 13.4. The predicted molar refractivity (Wildman–Crippen MR) is 79.6 cm³/mol. The summed E-state index contributed by atoms with van der Waals surface area (Å²) in [5.41, 5.74) is 7.36. The summed E-state index contributed by atoms with van der Waals surface area (Å²) in [6, 6.07) is 0.781. The maximum absolute atomic E-state index is 6.17. The van der Waals surface area contributed by atoms with Crippen LogP contribution in [0, 0.1) is 0 Å². The predicted octanol–water partition coefficient (Wildman–Crippen LogP) is 1.27. The molecule has 2 heterocycles. The highest BCUT2D eigenvalue weighted by atomic mass is 32.1. The average Bonchev–Trinajstić information content (AvgIpc) is 2.78. The average molecular weight is 280 g/mol. The smallest absolute Gasteiger partial charge is 0.0947 e. The molecule has 0 amide bonds. The molecule has 3 rings (SSSR count). The van der Waals surface area contributed by atoms with E-state index in [4.69, 9.17) is 10.7 Å². The lowest BCUT2D eigenvalue weighted by Crippen LogP contribution is -2.50. The second-order valence-electron chi connectivity index (χ2n) is 6.02. The van der Waals surface area contributed by atoms with Crippen molar-refractivity contribution in [1.82, 2.24) is 14.8 Å². The van der Waals surface area contributed by atoms with Crippen LogP contribution >= 0.6 is 11.3 Å². The lowest BCUT2D eigenvalue weighted by molar-refractivity contribution is 0.114. The third kappa shape index (κ3) is 2.84. The largest absolute Gasteiger partial charge is 0.323 e. The normalized spacial score (nSPS) is 29.4. The molecule has 1 aliphatic heterocycles. The molecule has 2 aliphatic rings. The van der Waals surface area contributed by atoms with Crippen molar-refractivity contribution < 1.29 is 0 Å². The molecule has 1 aromatic heterocycles. The van der Waals surface area contributed by atoms with E-state index in [0.717, 1.165) is 25.9 Å². The third-order valence-corrected chi connectivity index (χ3v) is 5.59. The van der Waals surface area contributed by atoms with Crippen LogP contribution < -0.4 is 5.73 Å². The van der Waals surface area contributed by atoms with Crippen molar-refractivity contribution in [2.24, 2.45) is 5.73 Å². The van der Waals surface area contributed by atoms with Crippen LogP contribution in [0.25, 0.3) is 0 Å². The standard InChI is InChI=1S/C14H24N4S/c1-17-6-7-18(2)10(9-17)8-13-16-14-11(15)4-3-5-12(14)19-13/h10-11H,3-9,15H2,1-2H3. The van der Waals surface area contributed by atoms with Gasteiger partial charge in [-0.2, -0.15) is 0 Å². The third-order valence-electron chi connectivity index (χ3n) is 4.43. The molecule has 0 aromatic carbocycles. The molecule has 1 aromatic rings. The van der Waals surface area contributed by atoms with Crippen LogP contribution in [-0.2, 0) is 12.8 Å². The molecule has 19 heavy (non-hydrogen) atoms. The Kier molecular flexibility index (Phi) is 3.89. The van der Waals surface area contributed by atoms with Gasteiger partial charge in [-0.15, -0.1) is 11.3 Å². The minimum Gasteiger partial charge on any atom is -0.323 e. The Labute approximate surface area is 119 Å². The van der Waals surface area contributed by atoms with Crippen molar-refractivity contribution in [1.29, 1.82) is 0 Å². The molecule has 5 heteroatoms. The van der Waals surface area contributed by atoms with Crippen molar-refractivity contribution >= 4 is 11.3 Å². The van der Waals surface area contributed by atoms with Gasteiger partial charge in [0, 0.05) is 43.0 Å². The van der Waals surface area contributed by atoms with E-state index in [2.05, 4.69) is 23.9 Å². The number of piperazine rings is 1. The van der Waals surface area contributed by atoms with Gasteiger partial charge in [0.2, 0.25) is 0 Å². The van der Waals surface area contributed by atoms with Crippen LogP contribution in [0.3, 0.4) is 0 Å². The maximum Gasteiger partial charge on any atom is 0.0947 e. The molecule has 0 radical (unpaired) electrons. The van der Waals surface area contributed by atoms with Crippen molar-refractivity contribution in [2.45, 2.75) is 37.8 Å². The number of nitrogens with two attached hydrogens (primary N) is 1. The monoisotopic (exact) mass is 280 g/mol. The van der Waals surface area contributed by atoms with Gasteiger partial charge in [-0.25, -0.2) is 4.98 Å². The number of likely N-dealkylation sites (N-methyl/N-ethyl adjacent to an activating group) is 2. The number of hydrogen-bond acceptors (Lipinski definition) is 5. The Balaban J connectivity index is 1.73. The number of nitrogens with zero attached hydrogens (tertiary/aromatic N) is 3. The second-order valence-corrected chi connectivity index (χ2v) is 7.18. The van der Waals surface area contributed by atoms with E-state index in [9.17, 15) is 0 Å². The first kappa shape index (κ1) is 13.5. The fourth-order valence-electron chi connectivity index (χ4n) is 3.11. The topological polar surface area (TPSA) is 45.4 Å². The van der Waals surface area contributed by atoms with E-state index in [-0.39, 0.29) is 6.04 Å². The van der Waals surface area contributed by atoms with Crippen LogP contribution in [0.5, 0.6) is 0 Å². The Bertz CT molecular complexity index is 445. The number of fused-ring (bicyclic) bond motifs is 1. The molecular formula is C14H24N4S. The summed E-state index contributed by atoms with van der Waals surface area (Å²) in [5, 5.41) is 1.29. The van der Waals surface area contributed by atoms with Gasteiger partial charge < -0.3 is 15.5 Å². The number of hydrogen-bond donors (Lipinski definition) is 1. The number of aryl methyl sites for hydroxylation is 1. The van der Waals surface area contributed by atoms with Crippen molar-refractivity contribution in [3.05, 3.63) is 15.6 Å². The molecule has 1 aliphatic carbocycles. The minimum atomic E-state index is 0.181. The Morgan fingerprint density at radius 3 is 3.00 bits per heavy atom. The SMILES string of the molecule is CN1CCN(C)C(Cc2nc3c(s2)CCCC3N)C1. The van der Waals surface area contributed by atoms with Crippen LogP contribution in [0.1, 0.15) is 34.5 Å². The quantitative estimate of drug-likeness (QED) is 0.886. The zero-order valence-corrected chi connectivity index (χ0v) is 12.7. The summed E-state index contributed by atoms with van der Waals surface area (Å²) in [7, 11) is 4.44. The molecular weight excluding hydrogens is 256 g/mol. The fourth-order valence-corrected chi connectivity index (χ4v) is 4.36. The van der Waals surface area contributed by atoms with E-state index in [0.29, 0.717) is 6.04 Å². The van der Waals surface area contributed by atoms with E-state index < -0.39 is 0 Å². The van der Waals surface area contributed by atoms with Gasteiger partial charge in [0.25, 0.3) is 0 Å². The summed E-state index contributed by atoms with van der Waals surface area (Å²) >= 11 is 1.90. The fraction of sp³-hybridized carbons (Fsp3) is 0.786. The van der Waals surface area contributed by atoms with Gasteiger partial charge in [0.05, 0.1) is 10.7 Å². The summed E-state index contributed by atoms with van der Waals surface area (Å²) in [5.74, 6) is 0. The summed E-state index contributed by atoms with van der Waals surface area (Å²) < 4.78 is 0. The molecule has 1 saturated heterocycles. The lowest BCUT2D eigenvalue weighted by atomic mass is 9.99. The van der Waals surface area contributed by atoms with Gasteiger partial charge in [0.15, 0.2) is 0 Å². The Morgan fingerprint density at radius 2 is 2.21 bits per heavy atom. The molecule has 106 valence electrons. The highest BCUT2D eigenvalue weighted by molar-refractivity contribution is 7.11. The minimum absolute atomic E-state index is 0.181. The molecule has 0 spiro atoms. The van der Waals surface area contributed by atoms with E-state index in [1.54, 1.807) is 0 Å². The van der Waals surface area contributed by atoms with Crippen LogP contribution in [0.2, 0.25) is 0 Å². The molecule has 2 unspecified atom stereocenters. The van der Waals surface area contributed by atoms with Gasteiger partial charge in [0.1, 0.15) is 0 Å². The van der Waals surface area contributed by atoms with Gasteiger partial charge >= 0.3 is 0 Å². The van der Waals surface area contributed by atoms with Crippen LogP contribution in [0.15, 0.2) is 0 Å². The molecule has 0 bridgehead atoms. The van der Waals surface area contributed by atoms with E-state index in [1.165, 1.54) is 35.0 Å². The first-order chi connectivity index (χ1) is 9.13. The number of aromatic nitrogens is 1. The van der Waals surface area contributed by atoms with Gasteiger partial charge in [-0.3, -0.25) is 0 Å². The first-order valence-corrected chi connectivity index (χ1v) is 8.08. The molecule has 2 N–H and O–H groups in total. The van der Waals surface area contributed by atoms with Crippen molar-refractivity contribution in [3.63, 3.8) is 0 Å². The van der Waals surface area contributed by atoms with Crippen molar-refractivity contribution in [2.75, 3.05) is 33.7 Å². The first-order valence-electron chi connectivity index (χ1n) is 7.26. The molecule has 4 nitrogen and oxygen atoms in total. The molecule has 0 saturated carbocycles. The maximum atomic E-state index is 6.17. The summed E-state index contributed by atoms with van der Waals surface area (Å²) in [6.07, 6.45) is 4.58. The summed E-state index contributed by atoms with van der Waals surface area (Å²) in [6.45, 7) is 3.48. The van der Waals surface area contributed by atoms with Crippen LogP contribution in [-0.4, -0.2) is 54.6 Å². The van der Waals surface area contributed by atoms with Crippen molar-refractivity contribution in [3.8, 4) is 0 Å². The second kappa shape index (κ2) is 5.48. The summed E-state index contributed by atoms with van der Waals surface area (Å²) in [4.78, 5) is 11.2. The highest BCUT2D eigenvalue weighted by Crippen LogP contribution is 2.32. The highest BCUT2D eigenvalue weighted by Gasteiger charge is 2.26. The number of rotatable bonds is 2. The van der Waals surface area contributed by atoms with E-state index in [1.807, 2.05) is 11.3 Å². The van der Waals surface area contributed by atoms with Crippen LogP contribution in [0.4, 0.5) is 0 Å². The lowest BCUT2D eigenvalue weighted by Gasteiger charge is -2.37. The van der Waals surface area contributed by atoms with Gasteiger partial charge in [-0.1, -0.05) is 0 Å². The van der Waals surface area contributed by atoms with E-state index >= 15 is 0 Å². The number of thiazole rings is 1. The Morgan fingerprint density at radius 1 is 1.37 bits per heavy atom. The Hall–Kier alpha value is -0.490. The molecule has 1 fully saturated rings. The zero-order valence-electron chi connectivity index (χ0n) is 11.9.